The van der Waals surface area contributed by atoms with Gasteiger partial charge in [0.1, 0.15) is 5.75 Å². The van der Waals surface area contributed by atoms with Crippen LogP contribution in [-0.2, 0) is 11.2 Å². The summed E-state index contributed by atoms with van der Waals surface area (Å²) in [5.41, 5.74) is 3.47. The van der Waals surface area contributed by atoms with Gasteiger partial charge < -0.3 is 10.1 Å². The van der Waals surface area contributed by atoms with E-state index in [1.165, 1.54) is 11.8 Å². The Morgan fingerprint density at radius 3 is 2.68 bits per heavy atom. The van der Waals surface area contributed by atoms with Crippen LogP contribution in [0.2, 0.25) is 5.02 Å². The van der Waals surface area contributed by atoms with Gasteiger partial charge in [0, 0.05) is 16.9 Å². The summed E-state index contributed by atoms with van der Waals surface area (Å²) >= 11 is 7.62. The second kappa shape index (κ2) is 9.32. The predicted octanol–water partition coefficient (Wildman–Crippen LogP) is 5.07. The van der Waals surface area contributed by atoms with E-state index >= 15 is 0 Å². The maximum atomic E-state index is 13.1. The number of carbonyl (C=O) groups excluding carboxylic acids is 2. The highest BCUT2D eigenvalue weighted by Crippen LogP contribution is 2.34. The van der Waals surface area contributed by atoms with Gasteiger partial charge in [-0.1, -0.05) is 53.7 Å². The summed E-state index contributed by atoms with van der Waals surface area (Å²) in [6, 6.07) is 20.6. The Bertz CT molecular complexity index is 1400. The lowest BCUT2D eigenvalue weighted by Gasteiger charge is -2.12. The number of nitrogens with zero attached hydrogens (tertiary/aromatic N) is 3. The molecule has 2 heterocycles. The number of benzene rings is 3. The Morgan fingerprint density at radius 1 is 1.12 bits per heavy atom. The molecular weight excluding hydrogens is 472 g/mol. The van der Waals surface area contributed by atoms with E-state index < -0.39 is 0 Å². The lowest BCUT2D eigenvalue weighted by Crippen LogP contribution is -2.06. The van der Waals surface area contributed by atoms with E-state index in [4.69, 9.17) is 16.3 Å². The van der Waals surface area contributed by atoms with E-state index in [-0.39, 0.29) is 23.9 Å². The van der Waals surface area contributed by atoms with Crippen LogP contribution in [0.4, 0.5) is 5.69 Å². The van der Waals surface area contributed by atoms with Crippen LogP contribution in [0.25, 0.3) is 17.1 Å². The SMILES string of the molecule is COc1ccccc1-c1nnc(SCC(=O)c2cc3c(cc2Cl)NC(=O)C3)n1-c1ccccc1. The molecule has 0 unspecified atom stereocenters. The first-order valence-electron chi connectivity index (χ1n) is 10.5. The number of methoxy groups -OCH3 is 1. The number of halogens is 1. The van der Waals surface area contributed by atoms with E-state index in [1.807, 2.05) is 59.2 Å². The zero-order valence-corrected chi connectivity index (χ0v) is 19.7. The summed E-state index contributed by atoms with van der Waals surface area (Å²) in [5.74, 6) is 1.13. The van der Waals surface area contributed by atoms with Crippen LogP contribution in [0.5, 0.6) is 5.75 Å². The summed E-state index contributed by atoms with van der Waals surface area (Å²) in [4.78, 5) is 24.7. The fourth-order valence-electron chi connectivity index (χ4n) is 3.85. The number of Topliss-reactive ketones (excluding diaryl/α,β-unsaturated/α-hetero) is 1. The highest BCUT2D eigenvalue weighted by atomic mass is 35.5. The minimum atomic E-state index is -0.154. The largest absolute Gasteiger partial charge is 0.496 e. The highest BCUT2D eigenvalue weighted by molar-refractivity contribution is 7.99. The number of ketones is 1. The third-order valence-electron chi connectivity index (χ3n) is 5.45. The molecule has 0 spiro atoms. The Morgan fingerprint density at radius 2 is 1.88 bits per heavy atom. The molecule has 0 atom stereocenters. The number of fused-ring (bicyclic) bond motifs is 1. The number of amides is 1. The van der Waals surface area contributed by atoms with Gasteiger partial charge in [0.15, 0.2) is 16.8 Å². The first-order valence-corrected chi connectivity index (χ1v) is 11.8. The molecule has 1 aliphatic rings. The second-order valence-corrected chi connectivity index (χ2v) is 8.95. The number of hydrogen-bond acceptors (Lipinski definition) is 6. The first kappa shape index (κ1) is 22.2. The van der Waals surface area contributed by atoms with Gasteiger partial charge in [-0.05, 0) is 42.0 Å². The molecule has 0 bridgehead atoms. The predicted molar refractivity (Wildman–Crippen MR) is 132 cm³/mol. The van der Waals surface area contributed by atoms with Gasteiger partial charge in [-0.3, -0.25) is 14.2 Å². The van der Waals surface area contributed by atoms with E-state index in [1.54, 1.807) is 19.2 Å². The monoisotopic (exact) mass is 490 g/mol. The van der Waals surface area contributed by atoms with Crippen LogP contribution in [0.15, 0.2) is 71.9 Å². The third kappa shape index (κ3) is 4.18. The minimum absolute atomic E-state index is 0.107. The molecule has 170 valence electrons. The molecule has 4 aromatic rings. The molecule has 1 aliphatic heterocycles. The molecule has 7 nitrogen and oxygen atoms in total. The average molecular weight is 491 g/mol. The number of para-hydroxylation sites is 2. The molecule has 5 rings (SSSR count). The fraction of sp³-hybridized carbons (Fsp3) is 0.120. The Kier molecular flexibility index (Phi) is 6.08. The molecule has 0 radical (unpaired) electrons. The Hall–Kier alpha value is -3.62. The van der Waals surface area contributed by atoms with Crippen LogP contribution in [0, 0.1) is 0 Å². The van der Waals surface area contributed by atoms with Gasteiger partial charge in [-0.2, -0.15) is 0 Å². The molecule has 0 fully saturated rings. The zero-order chi connectivity index (χ0) is 23.7. The zero-order valence-electron chi connectivity index (χ0n) is 18.1. The number of hydrogen-bond donors (Lipinski definition) is 1. The van der Waals surface area contributed by atoms with Crippen molar-refractivity contribution in [2.24, 2.45) is 0 Å². The van der Waals surface area contributed by atoms with Gasteiger partial charge in [0.2, 0.25) is 5.91 Å². The molecular formula is C25H19ClN4O3S. The van der Waals surface area contributed by atoms with Crippen molar-refractivity contribution >= 4 is 40.7 Å². The smallest absolute Gasteiger partial charge is 0.228 e. The van der Waals surface area contributed by atoms with Crippen LogP contribution in [0.1, 0.15) is 15.9 Å². The molecule has 34 heavy (non-hydrogen) atoms. The normalized spacial score (nSPS) is 12.4. The van der Waals surface area contributed by atoms with Crippen molar-refractivity contribution in [3.05, 3.63) is 82.9 Å². The van der Waals surface area contributed by atoms with Crippen LogP contribution < -0.4 is 10.1 Å². The maximum Gasteiger partial charge on any atom is 0.228 e. The van der Waals surface area contributed by atoms with Gasteiger partial charge >= 0.3 is 0 Å². The second-order valence-electron chi connectivity index (χ2n) is 7.60. The Labute approximate surface area is 205 Å². The quantitative estimate of drug-likeness (QED) is 0.287. The van der Waals surface area contributed by atoms with Crippen LogP contribution >= 0.6 is 23.4 Å². The van der Waals surface area contributed by atoms with Crippen molar-refractivity contribution in [2.45, 2.75) is 11.6 Å². The molecule has 3 aromatic carbocycles. The number of aromatic nitrogens is 3. The number of anilines is 1. The summed E-state index contributed by atoms with van der Waals surface area (Å²) in [5, 5.41) is 12.4. The number of ether oxygens (including phenoxy) is 1. The highest BCUT2D eigenvalue weighted by Gasteiger charge is 2.23. The van der Waals surface area contributed by atoms with Crippen LogP contribution in [-0.4, -0.2) is 39.3 Å². The molecule has 1 N–H and O–H groups in total. The molecule has 1 amide bonds. The van der Waals surface area contributed by atoms with E-state index in [9.17, 15) is 9.59 Å². The number of rotatable bonds is 7. The minimum Gasteiger partial charge on any atom is -0.496 e. The van der Waals surface area contributed by atoms with Crippen molar-refractivity contribution in [3.63, 3.8) is 0 Å². The van der Waals surface area contributed by atoms with Crippen LogP contribution in [0.3, 0.4) is 0 Å². The molecule has 0 aliphatic carbocycles. The fourth-order valence-corrected chi connectivity index (χ4v) is 4.95. The summed E-state index contributed by atoms with van der Waals surface area (Å²) < 4.78 is 7.43. The standard InChI is InChI=1S/C25H19ClN4O3S/c1-33-22-10-6-5-9-17(22)24-28-29-25(30(24)16-7-3-2-4-8-16)34-14-21(31)18-11-15-12-23(32)27-20(15)13-19(18)26/h2-11,13H,12,14H2,1H3,(H,27,32). The number of thioether (sulfide) groups is 1. The van der Waals surface area contributed by atoms with Crippen molar-refractivity contribution in [1.82, 2.24) is 14.8 Å². The topological polar surface area (TPSA) is 86.1 Å². The van der Waals surface area contributed by atoms with Gasteiger partial charge in [0.25, 0.3) is 0 Å². The number of nitrogens with one attached hydrogen (secondary N) is 1. The average Bonchev–Trinajstić information content (AvgIpc) is 3.44. The summed E-state index contributed by atoms with van der Waals surface area (Å²) in [6.45, 7) is 0. The van der Waals surface area contributed by atoms with Crippen molar-refractivity contribution in [3.8, 4) is 22.8 Å². The van der Waals surface area contributed by atoms with Gasteiger partial charge in [-0.25, -0.2) is 0 Å². The molecule has 1 aromatic heterocycles. The Balaban J connectivity index is 1.47. The summed E-state index contributed by atoms with van der Waals surface area (Å²) in [6.07, 6.45) is 0.241. The lowest BCUT2D eigenvalue weighted by atomic mass is 10.1. The first-order chi connectivity index (χ1) is 16.5. The lowest BCUT2D eigenvalue weighted by molar-refractivity contribution is -0.115. The molecule has 0 saturated carbocycles. The molecule has 0 saturated heterocycles. The van der Waals surface area contributed by atoms with Gasteiger partial charge in [-0.15, -0.1) is 10.2 Å². The van der Waals surface area contributed by atoms with Crippen molar-refractivity contribution in [2.75, 3.05) is 18.2 Å². The number of carbonyl (C=O) groups is 2. The van der Waals surface area contributed by atoms with E-state index in [0.29, 0.717) is 33.0 Å². The van der Waals surface area contributed by atoms with Crippen molar-refractivity contribution < 1.29 is 14.3 Å². The van der Waals surface area contributed by atoms with Gasteiger partial charge in [0.05, 0.1) is 29.9 Å². The van der Waals surface area contributed by atoms with Crippen molar-refractivity contribution in [1.29, 1.82) is 0 Å². The maximum absolute atomic E-state index is 13.1. The van der Waals surface area contributed by atoms with E-state index in [0.717, 1.165) is 16.8 Å². The summed E-state index contributed by atoms with van der Waals surface area (Å²) in [7, 11) is 1.61. The van der Waals surface area contributed by atoms with E-state index in [2.05, 4.69) is 15.5 Å². The third-order valence-corrected chi connectivity index (χ3v) is 6.69. The molecule has 9 heteroatoms.